The molecule has 2 fully saturated rings. The highest BCUT2D eigenvalue weighted by Crippen LogP contribution is 2.43. The van der Waals surface area contributed by atoms with Gasteiger partial charge in [-0.3, -0.25) is 9.59 Å². The van der Waals surface area contributed by atoms with E-state index in [0.29, 0.717) is 0 Å². The number of carbonyl (C=O) groups is 3. The van der Waals surface area contributed by atoms with Crippen molar-refractivity contribution in [3.63, 3.8) is 0 Å². The van der Waals surface area contributed by atoms with Crippen molar-refractivity contribution in [1.82, 2.24) is 0 Å². The van der Waals surface area contributed by atoms with Crippen LogP contribution in [0.5, 0.6) is 0 Å². The molecule has 0 saturated carbocycles. The van der Waals surface area contributed by atoms with Crippen molar-refractivity contribution in [2.45, 2.75) is 24.4 Å². The molecular weight excluding hydrogens is 292 g/mol. The molecular formula is C11H14O10. The minimum atomic E-state index is -2.85. The molecule has 2 bridgehead atoms. The van der Waals surface area contributed by atoms with Crippen LogP contribution in [0.2, 0.25) is 0 Å². The maximum absolute atomic E-state index is 11.9. The molecule has 0 aliphatic carbocycles. The van der Waals surface area contributed by atoms with Crippen molar-refractivity contribution in [3.05, 3.63) is 0 Å². The van der Waals surface area contributed by atoms with E-state index in [1.165, 1.54) is 0 Å². The Morgan fingerprint density at radius 1 is 0.905 bits per heavy atom. The van der Waals surface area contributed by atoms with Crippen LogP contribution in [-0.2, 0) is 28.6 Å². The molecule has 10 heteroatoms. The van der Waals surface area contributed by atoms with E-state index in [1.54, 1.807) is 0 Å². The summed E-state index contributed by atoms with van der Waals surface area (Å²) in [5, 5.41) is 38.2. The fraction of sp³-hybridized carbons (Fsp3) is 0.727. The molecule has 0 spiro atoms. The number of carbonyl (C=O) groups excluding carboxylic acids is 3. The molecule has 0 atom stereocenters. The average molecular weight is 306 g/mol. The quantitative estimate of drug-likeness (QED) is 0.389. The Morgan fingerprint density at radius 2 is 1.33 bits per heavy atom. The second-order valence-corrected chi connectivity index (χ2v) is 5.03. The molecule has 118 valence electrons. The summed E-state index contributed by atoms with van der Waals surface area (Å²) in [5.41, 5.74) is -4.65. The zero-order valence-corrected chi connectivity index (χ0v) is 10.8. The van der Waals surface area contributed by atoms with Gasteiger partial charge in [-0.05, 0) is 0 Å². The Balaban J connectivity index is 2.61. The fourth-order valence-corrected chi connectivity index (χ4v) is 2.10. The van der Waals surface area contributed by atoms with Crippen LogP contribution in [0.1, 0.15) is 12.8 Å². The first kappa shape index (κ1) is 15.6. The van der Waals surface area contributed by atoms with E-state index in [2.05, 4.69) is 0 Å². The minimum absolute atomic E-state index is 0.860. The average Bonchev–Trinajstić information content (AvgIpc) is 2.53. The third-order valence-electron chi connectivity index (χ3n) is 3.53. The lowest BCUT2D eigenvalue weighted by atomic mass is 9.87. The third-order valence-corrected chi connectivity index (χ3v) is 3.53. The standard InChI is InChI=1S/C11H14O10/c12-3-9(4-13,5-14)11-19-6(15)1-10(18,8(17)21-11)2-7(16)20-11/h12-14,18H,1-5H2. The zero-order chi connectivity index (χ0) is 15.9. The number of rotatable bonds is 4. The van der Waals surface area contributed by atoms with Gasteiger partial charge in [0.05, 0.1) is 32.7 Å². The summed E-state index contributed by atoms with van der Waals surface area (Å²) < 4.78 is 14.2. The van der Waals surface area contributed by atoms with Crippen LogP contribution in [0.4, 0.5) is 0 Å². The molecule has 2 heterocycles. The number of ether oxygens (including phenoxy) is 3. The summed E-state index contributed by atoms with van der Waals surface area (Å²) in [7, 11) is 0. The van der Waals surface area contributed by atoms with Crippen molar-refractivity contribution in [2.24, 2.45) is 5.41 Å². The van der Waals surface area contributed by atoms with Gasteiger partial charge < -0.3 is 34.6 Å². The van der Waals surface area contributed by atoms with Gasteiger partial charge in [0.25, 0.3) is 0 Å². The van der Waals surface area contributed by atoms with Crippen molar-refractivity contribution < 1.29 is 49.0 Å². The molecule has 0 amide bonds. The lowest BCUT2D eigenvalue weighted by Gasteiger charge is -2.41. The van der Waals surface area contributed by atoms with Crippen LogP contribution < -0.4 is 0 Å². The Bertz CT molecular complexity index is 451. The van der Waals surface area contributed by atoms with Crippen molar-refractivity contribution in [3.8, 4) is 0 Å². The van der Waals surface area contributed by atoms with Crippen LogP contribution in [-0.4, -0.2) is 69.7 Å². The Kier molecular flexibility index (Phi) is 3.66. The Labute approximate surface area is 117 Å². The number of fused-ring (bicyclic) bond motifs is 3. The van der Waals surface area contributed by atoms with Gasteiger partial charge in [-0.25, -0.2) is 4.79 Å². The molecule has 2 aliphatic heterocycles. The monoisotopic (exact) mass is 306 g/mol. The fourth-order valence-electron chi connectivity index (χ4n) is 2.10. The first-order valence-corrected chi connectivity index (χ1v) is 5.98. The summed E-state index contributed by atoms with van der Waals surface area (Å²) in [6.45, 7) is -3.11. The van der Waals surface area contributed by atoms with E-state index in [9.17, 15) is 34.8 Å². The van der Waals surface area contributed by atoms with Crippen LogP contribution >= 0.6 is 0 Å². The van der Waals surface area contributed by atoms with Crippen molar-refractivity contribution in [1.29, 1.82) is 0 Å². The van der Waals surface area contributed by atoms with Gasteiger partial charge in [-0.15, -0.1) is 0 Å². The molecule has 4 N–H and O–H groups in total. The highest BCUT2D eigenvalue weighted by molar-refractivity contribution is 5.93. The van der Waals surface area contributed by atoms with Gasteiger partial charge in [-0.1, -0.05) is 0 Å². The van der Waals surface area contributed by atoms with Gasteiger partial charge in [0.15, 0.2) is 11.0 Å². The normalized spacial score (nSPS) is 32.9. The summed E-state index contributed by atoms with van der Waals surface area (Å²) in [4.78, 5) is 35.3. The van der Waals surface area contributed by atoms with Gasteiger partial charge in [0.2, 0.25) is 0 Å². The highest BCUT2D eigenvalue weighted by Gasteiger charge is 2.68. The first-order chi connectivity index (χ1) is 9.76. The predicted octanol–water partition coefficient (Wildman–Crippen LogP) is -3.23. The second-order valence-electron chi connectivity index (χ2n) is 5.03. The Morgan fingerprint density at radius 3 is 1.71 bits per heavy atom. The molecule has 0 aromatic heterocycles. The number of aliphatic hydroxyl groups is 4. The lowest BCUT2D eigenvalue weighted by molar-refractivity contribution is -0.387. The maximum Gasteiger partial charge on any atom is 0.436 e. The first-order valence-electron chi connectivity index (χ1n) is 5.98. The summed E-state index contributed by atoms with van der Waals surface area (Å²) in [6.07, 6.45) is -1.72. The number of aliphatic hydroxyl groups excluding tert-OH is 3. The molecule has 0 unspecified atom stereocenters. The molecule has 0 aromatic rings. The zero-order valence-electron chi connectivity index (χ0n) is 10.8. The van der Waals surface area contributed by atoms with E-state index in [4.69, 9.17) is 14.2 Å². The number of hydrogen-bond donors (Lipinski definition) is 4. The summed E-state index contributed by atoms with van der Waals surface area (Å²) >= 11 is 0. The van der Waals surface area contributed by atoms with Gasteiger partial charge >= 0.3 is 23.9 Å². The van der Waals surface area contributed by atoms with E-state index >= 15 is 0 Å². The van der Waals surface area contributed by atoms with E-state index in [1.807, 2.05) is 0 Å². The van der Waals surface area contributed by atoms with Crippen molar-refractivity contribution in [2.75, 3.05) is 19.8 Å². The van der Waals surface area contributed by atoms with Gasteiger partial charge in [-0.2, -0.15) is 0 Å². The highest BCUT2D eigenvalue weighted by atomic mass is 16.9. The topological polar surface area (TPSA) is 160 Å². The molecule has 10 nitrogen and oxygen atoms in total. The molecule has 2 rings (SSSR count). The van der Waals surface area contributed by atoms with Crippen molar-refractivity contribution >= 4 is 17.9 Å². The van der Waals surface area contributed by atoms with Crippen LogP contribution in [0.15, 0.2) is 0 Å². The predicted molar refractivity (Wildman–Crippen MR) is 58.9 cm³/mol. The molecule has 21 heavy (non-hydrogen) atoms. The van der Waals surface area contributed by atoms with Crippen LogP contribution in [0.25, 0.3) is 0 Å². The molecule has 2 saturated heterocycles. The third kappa shape index (κ3) is 2.16. The second kappa shape index (κ2) is 4.91. The summed E-state index contributed by atoms with van der Waals surface area (Å²) in [6, 6.07) is 0. The molecule has 2 aliphatic rings. The largest absolute Gasteiger partial charge is 0.436 e. The number of esters is 3. The van der Waals surface area contributed by atoms with Gasteiger partial charge in [0.1, 0.15) is 0 Å². The lowest BCUT2D eigenvalue weighted by Crippen LogP contribution is -2.61. The maximum atomic E-state index is 11.9. The smallest absolute Gasteiger partial charge is 0.395 e. The van der Waals surface area contributed by atoms with Gasteiger partial charge in [0, 0.05) is 0 Å². The molecule has 0 radical (unpaired) electrons. The van der Waals surface area contributed by atoms with E-state index in [0.717, 1.165) is 0 Å². The Hall–Kier alpha value is -1.75. The van der Waals surface area contributed by atoms with E-state index in [-0.39, 0.29) is 0 Å². The minimum Gasteiger partial charge on any atom is -0.395 e. The SMILES string of the molecule is O=C1CC2(O)CC(=O)OC(C(CO)(CO)CO)(O1)OC2=O. The van der Waals surface area contributed by atoms with Crippen LogP contribution in [0.3, 0.4) is 0 Å². The van der Waals surface area contributed by atoms with E-state index < -0.39 is 67.6 Å². The van der Waals surface area contributed by atoms with Crippen LogP contribution in [0, 0.1) is 5.41 Å². The number of hydrogen-bond acceptors (Lipinski definition) is 10. The summed E-state index contributed by atoms with van der Waals surface area (Å²) in [5.74, 6) is -6.55. The molecule has 0 aromatic carbocycles.